The lowest BCUT2D eigenvalue weighted by molar-refractivity contribution is -0.128. The third-order valence-electron chi connectivity index (χ3n) is 5.71. The first-order valence-electron chi connectivity index (χ1n) is 8.65. The van der Waals surface area contributed by atoms with E-state index in [0.29, 0.717) is 24.4 Å². The van der Waals surface area contributed by atoms with E-state index in [1.54, 1.807) is 6.20 Å². The minimum atomic E-state index is 0.139. The number of aromatic nitrogens is 2. The molecule has 0 aliphatic heterocycles. The Hall–Kier alpha value is -1.88. The lowest BCUT2D eigenvalue weighted by Crippen LogP contribution is -2.49. The molecule has 2 aliphatic carbocycles. The van der Waals surface area contributed by atoms with Gasteiger partial charge in [-0.25, -0.2) is 4.98 Å². The summed E-state index contributed by atoms with van der Waals surface area (Å²) in [6.07, 6.45) is 11.3. The highest BCUT2D eigenvalue weighted by Crippen LogP contribution is 2.41. The fourth-order valence-electron chi connectivity index (χ4n) is 4.40. The molecule has 2 aromatic rings. The largest absolute Gasteiger partial charge is 0.352 e. The molecule has 122 valence electrons. The second kappa shape index (κ2) is 5.96. The van der Waals surface area contributed by atoms with Gasteiger partial charge >= 0.3 is 0 Å². The summed E-state index contributed by atoms with van der Waals surface area (Å²) in [6, 6.07) is 4.36. The lowest BCUT2D eigenvalue weighted by atomic mass is 9.65. The van der Waals surface area contributed by atoms with Crippen LogP contribution in [0.5, 0.6) is 0 Å². The Balaban J connectivity index is 1.38. The monoisotopic (exact) mass is 312 g/mol. The van der Waals surface area contributed by atoms with Gasteiger partial charge in [0.1, 0.15) is 5.65 Å². The number of nitrogens with one attached hydrogen (secondary N) is 1. The number of fused-ring (bicyclic) bond motifs is 3. The summed E-state index contributed by atoms with van der Waals surface area (Å²) in [5.74, 6) is 1.41. The van der Waals surface area contributed by atoms with Crippen LogP contribution >= 0.6 is 0 Å². The van der Waals surface area contributed by atoms with E-state index in [-0.39, 0.29) is 11.8 Å². The van der Waals surface area contributed by atoms with Gasteiger partial charge < -0.3 is 15.5 Å². The first kappa shape index (κ1) is 14.7. The second-order valence-electron chi connectivity index (χ2n) is 7.14. The molecule has 0 aromatic carbocycles. The maximum atomic E-state index is 12.6. The molecular formula is C18H24N4O. The number of hydrogen-bond donors (Lipinski definition) is 2. The van der Waals surface area contributed by atoms with Crippen molar-refractivity contribution in [3.05, 3.63) is 36.3 Å². The minimum absolute atomic E-state index is 0.139. The van der Waals surface area contributed by atoms with Crippen LogP contribution in [0.1, 0.15) is 37.7 Å². The summed E-state index contributed by atoms with van der Waals surface area (Å²) in [4.78, 5) is 16.8. The maximum absolute atomic E-state index is 12.6. The van der Waals surface area contributed by atoms with Gasteiger partial charge in [-0.05, 0) is 55.2 Å². The molecule has 5 heteroatoms. The Labute approximate surface area is 136 Å². The zero-order valence-corrected chi connectivity index (χ0v) is 13.3. The van der Waals surface area contributed by atoms with Crippen molar-refractivity contribution in [2.24, 2.45) is 23.5 Å². The molecule has 4 rings (SSSR count). The Morgan fingerprint density at radius 1 is 1.30 bits per heavy atom. The number of hydrogen-bond acceptors (Lipinski definition) is 3. The molecule has 5 nitrogen and oxygen atoms in total. The molecule has 2 aromatic heterocycles. The molecule has 2 saturated carbocycles. The van der Waals surface area contributed by atoms with Crippen molar-refractivity contribution in [2.45, 2.75) is 44.7 Å². The Bertz CT molecular complexity index is 696. The van der Waals surface area contributed by atoms with Crippen molar-refractivity contribution in [3.8, 4) is 0 Å². The highest BCUT2D eigenvalue weighted by Gasteiger charge is 2.40. The predicted molar refractivity (Wildman–Crippen MR) is 88.6 cm³/mol. The molecule has 0 saturated heterocycles. The number of imidazole rings is 1. The molecule has 0 radical (unpaired) electrons. The number of rotatable bonds is 3. The van der Waals surface area contributed by atoms with Gasteiger partial charge in [0.25, 0.3) is 0 Å². The van der Waals surface area contributed by atoms with Gasteiger partial charge in [0.05, 0.1) is 0 Å². The van der Waals surface area contributed by atoms with Crippen molar-refractivity contribution in [3.63, 3.8) is 0 Å². The van der Waals surface area contributed by atoms with E-state index in [0.717, 1.165) is 24.1 Å². The van der Waals surface area contributed by atoms with Gasteiger partial charge in [-0.1, -0.05) is 6.42 Å². The topological polar surface area (TPSA) is 72.4 Å². The molecule has 2 fully saturated rings. The molecule has 2 heterocycles. The smallest absolute Gasteiger partial charge is 0.223 e. The van der Waals surface area contributed by atoms with Crippen molar-refractivity contribution in [1.82, 2.24) is 14.7 Å². The summed E-state index contributed by atoms with van der Waals surface area (Å²) in [5, 5.41) is 3.11. The van der Waals surface area contributed by atoms with E-state index >= 15 is 0 Å². The summed E-state index contributed by atoms with van der Waals surface area (Å²) < 4.78 is 1.97. The Kier molecular flexibility index (Phi) is 3.81. The number of amides is 1. The van der Waals surface area contributed by atoms with Gasteiger partial charge in [-0.15, -0.1) is 0 Å². The summed E-state index contributed by atoms with van der Waals surface area (Å²) in [6.45, 7) is 0.570. The van der Waals surface area contributed by atoms with Crippen molar-refractivity contribution < 1.29 is 4.79 Å². The molecule has 23 heavy (non-hydrogen) atoms. The standard InChI is InChI=1S/C18H24N4O/c19-17-13-2-1-3-14(17)10-15(9-13)18(23)21-11-12-4-6-22-7-5-20-16(22)8-12/h4-8,13-15,17H,1-3,9-11,19H2,(H,21,23). The fourth-order valence-corrected chi connectivity index (χ4v) is 4.40. The average Bonchev–Trinajstić information content (AvgIpc) is 3.00. The van der Waals surface area contributed by atoms with E-state index < -0.39 is 0 Å². The fraction of sp³-hybridized carbons (Fsp3) is 0.556. The maximum Gasteiger partial charge on any atom is 0.223 e. The van der Waals surface area contributed by atoms with Gasteiger partial charge in [-0.2, -0.15) is 0 Å². The van der Waals surface area contributed by atoms with Crippen LogP contribution in [0.15, 0.2) is 30.7 Å². The van der Waals surface area contributed by atoms with E-state index in [1.165, 1.54) is 19.3 Å². The highest BCUT2D eigenvalue weighted by atomic mass is 16.1. The molecule has 3 N–H and O–H groups in total. The molecular weight excluding hydrogens is 288 g/mol. The molecule has 1 amide bonds. The Morgan fingerprint density at radius 2 is 2.09 bits per heavy atom. The number of nitrogens with two attached hydrogens (primary N) is 1. The first-order chi connectivity index (χ1) is 11.2. The Morgan fingerprint density at radius 3 is 2.87 bits per heavy atom. The van der Waals surface area contributed by atoms with Gasteiger partial charge in [-0.3, -0.25) is 4.79 Å². The van der Waals surface area contributed by atoms with Crippen molar-refractivity contribution in [2.75, 3.05) is 0 Å². The zero-order valence-electron chi connectivity index (χ0n) is 13.3. The van der Waals surface area contributed by atoms with Crippen LogP contribution in [0.4, 0.5) is 0 Å². The number of nitrogens with zero attached hydrogens (tertiary/aromatic N) is 2. The molecule has 2 atom stereocenters. The minimum Gasteiger partial charge on any atom is -0.352 e. The molecule has 2 unspecified atom stereocenters. The van der Waals surface area contributed by atoms with E-state index in [9.17, 15) is 4.79 Å². The molecule has 0 spiro atoms. The van der Waals surface area contributed by atoms with Crippen LogP contribution in [0.25, 0.3) is 5.65 Å². The lowest BCUT2D eigenvalue weighted by Gasteiger charge is -2.43. The van der Waals surface area contributed by atoms with Crippen LogP contribution in [-0.2, 0) is 11.3 Å². The van der Waals surface area contributed by atoms with Crippen LogP contribution in [0, 0.1) is 17.8 Å². The van der Waals surface area contributed by atoms with Gasteiger partial charge in [0.15, 0.2) is 0 Å². The third kappa shape index (κ3) is 2.85. The van der Waals surface area contributed by atoms with E-state index in [1.807, 2.05) is 28.9 Å². The van der Waals surface area contributed by atoms with Crippen LogP contribution < -0.4 is 11.1 Å². The van der Waals surface area contributed by atoms with Gasteiger partial charge in [0.2, 0.25) is 5.91 Å². The van der Waals surface area contributed by atoms with Crippen LogP contribution in [0.3, 0.4) is 0 Å². The SMILES string of the molecule is NC1C2CCCC1CC(C(=O)NCc1ccn3ccnc3c1)C2. The number of pyridine rings is 1. The number of carbonyl (C=O) groups excluding carboxylic acids is 1. The van der Waals surface area contributed by atoms with Crippen LogP contribution in [-0.4, -0.2) is 21.3 Å². The van der Waals surface area contributed by atoms with Crippen LogP contribution in [0.2, 0.25) is 0 Å². The normalized spacial score (nSPS) is 30.3. The average molecular weight is 312 g/mol. The van der Waals surface area contributed by atoms with Crippen molar-refractivity contribution in [1.29, 1.82) is 0 Å². The van der Waals surface area contributed by atoms with E-state index in [2.05, 4.69) is 10.3 Å². The van der Waals surface area contributed by atoms with E-state index in [4.69, 9.17) is 5.73 Å². The third-order valence-corrected chi connectivity index (χ3v) is 5.71. The number of carbonyl (C=O) groups is 1. The van der Waals surface area contributed by atoms with Gasteiger partial charge in [0, 0.05) is 37.1 Å². The molecule has 2 bridgehead atoms. The first-order valence-corrected chi connectivity index (χ1v) is 8.65. The zero-order chi connectivity index (χ0) is 15.8. The quantitative estimate of drug-likeness (QED) is 0.911. The second-order valence-corrected chi connectivity index (χ2v) is 7.14. The predicted octanol–water partition coefficient (Wildman–Crippen LogP) is 2.10. The highest BCUT2D eigenvalue weighted by molar-refractivity contribution is 5.78. The summed E-state index contributed by atoms with van der Waals surface area (Å²) >= 11 is 0. The summed E-state index contributed by atoms with van der Waals surface area (Å²) in [7, 11) is 0. The summed E-state index contributed by atoms with van der Waals surface area (Å²) in [5.41, 5.74) is 8.31. The molecule has 2 aliphatic rings. The van der Waals surface area contributed by atoms with Crippen molar-refractivity contribution >= 4 is 11.6 Å².